The lowest BCUT2D eigenvalue weighted by atomic mass is 9.99. The maximum atomic E-state index is 14.5. The molecule has 0 bridgehead atoms. The largest absolute Gasteiger partial charge is 0.378 e. The van der Waals surface area contributed by atoms with Crippen LogP contribution in [0.5, 0.6) is 0 Å². The topological polar surface area (TPSA) is 67.7 Å². The van der Waals surface area contributed by atoms with Crippen molar-refractivity contribution >= 4 is 29.4 Å². The number of morpholine rings is 1. The van der Waals surface area contributed by atoms with Crippen molar-refractivity contribution < 1.29 is 18.7 Å². The number of aromatic nitrogens is 2. The number of aryl methyl sites for hydroxylation is 1. The number of thioether (sulfide) groups is 1. The molecule has 7 nitrogen and oxygen atoms in total. The fourth-order valence-corrected chi connectivity index (χ4v) is 6.44. The lowest BCUT2D eigenvalue weighted by Gasteiger charge is -2.30. The molecular formula is C31H29FN4O3S. The zero-order valence-corrected chi connectivity index (χ0v) is 22.9. The summed E-state index contributed by atoms with van der Waals surface area (Å²) in [6.45, 7) is 3.80. The van der Waals surface area contributed by atoms with E-state index in [0.717, 1.165) is 27.9 Å². The average molecular weight is 557 g/mol. The Labute approximate surface area is 236 Å². The van der Waals surface area contributed by atoms with Crippen molar-refractivity contribution in [2.75, 3.05) is 43.5 Å². The van der Waals surface area contributed by atoms with Gasteiger partial charge in [-0.15, -0.1) is 11.8 Å². The molecule has 2 aliphatic rings. The number of halogens is 1. The van der Waals surface area contributed by atoms with Crippen LogP contribution in [0.15, 0.2) is 78.9 Å². The molecule has 6 rings (SSSR count). The third-order valence-electron chi connectivity index (χ3n) is 7.19. The van der Waals surface area contributed by atoms with E-state index in [1.54, 1.807) is 20.5 Å². The normalized spacial score (nSPS) is 17.4. The second-order valence-corrected chi connectivity index (χ2v) is 11.0. The molecule has 4 aromatic rings. The van der Waals surface area contributed by atoms with Gasteiger partial charge in [-0.05, 0) is 42.3 Å². The monoisotopic (exact) mass is 556 g/mol. The molecule has 0 unspecified atom stereocenters. The summed E-state index contributed by atoms with van der Waals surface area (Å²) in [7, 11) is 0. The molecule has 1 aromatic heterocycles. The van der Waals surface area contributed by atoms with E-state index in [9.17, 15) is 14.0 Å². The molecule has 3 heterocycles. The number of benzene rings is 3. The summed E-state index contributed by atoms with van der Waals surface area (Å²) in [5.74, 6) is -0.0126. The second kappa shape index (κ2) is 11.3. The third-order valence-corrected chi connectivity index (χ3v) is 8.45. The molecule has 40 heavy (non-hydrogen) atoms. The van der Waals surface area contributed by atoms with Gasteiger partial charge in [-0.3, -0.25) is 14.5 Å². The predicted molar refractivity (Wildman–Crippen MR) is 154 cm³/mol. The number of ether oxygens (including phenoxy) is 1. The number of hydrogen-bond donors (Lipinski definition) is 0. The molecule has 0 spiro atoms. The van der Waals surface area contributed by atoms with Crippen molar-refractivity contribution in [1.29, 1.82) is 0 Å². The number of fused-ring (bicyclic) bond motifs is 1. The Balaban J connectivity index is 1.59. The van der Waals surface area contributed by atoms with Gasteiger partial charge < -0.3 is 9.64 Å². The number of carbonyl (C=O) groups is 2. The molecule has 0 saturated carbocycles. The lowest BCUT2D eigenvalue weighted by Crippen LogP contribution is -2.48. The number of hydrogen-bond acceptors (Lipinski definition) is 5. The maximum Gasteiger partial charge on any atom is 0.242 e. The first-order valence-electron chi connectivity index (χ1n) is 13.3. The summed E-state index contributed by atoms with van der Waals surface area (Å²) < 4.78 is 21.7. The molecule has 1 saturated heterocycles. The van der Waals surface area contributed by atoms with E-state index in [1.807, 2.05) is 67.6 Å². The van der Waals surface area contributed by atoms with Crippen LogP contribution in [0.4, 0.5) is 10.2 Å². The summed E-state index contributed by atoms with van der Waals surface area (Å²) in [5, 5.41) is 4.71. The highest BCUT2D eigenvalue weighted by Gasteiger charge is 2.38. The first-order chi connectivity index (χ1) is 19.5. The first-order valence-corrected chi connectivity index (χ1v) is 14.3. The standard InChI is InChI=1S/C31H29FN4O3S/c1-21-7-5-12-25(17-21)36-31-28(29(33-36)22-8-3-2-4-9-22)30(23-10-6-11-24(32)18-23)40-20-27(38)35(31)19-26(37)34-13-15-39-16-14-34/h2-12,17-18,30H,13-16,19-20H2,1H3/t30-/m1/s1. The smallest absolute Gasteiger partial charge is 0.242 e. The summed E-state index contributed by atoms with van der Waals surface area (Å²) in [6.07, 6.45) is 0. The van der Waals surface area contributed by atoms with Crippen molar-refractivity contribution in [3.63, 3.8) is 0 Å². The second-order valence-electron chi connectivity index (χ2n) is 9.92. The Hall–Kier alpha value is -3.95. The molecule has 3 aromatic carbocycles. The van der Waals surface area contributed by atoms with Gasteiger partial charge in [0.15, 0.2) is 0 Å². The third kappa shape index (κ3) is 5.14. The van der Waals surface area contributed by atoms with Gasteiger partial charge in [-0.2, -0.15) is 5.10 Å². The van der Waals surface area contributed by atoms with Crippen molar-refractivity contribution in [3.05, 3.63) is 101 Å². The summed E-state index contributed by atoms with van der Waals surface area (Å²) >= 11 is 1.43. The van der Waals surface area contributed by atoms with E-state index in [2.05, 4.69) is 0 Å². The minimum absolute atomic E-state index is 0.117. The molecule has 9 heteroatoms. The highest BCUT2D eigenvalue weighted by molar-refractivity contribution is 8.00. The van der Waals surface area contributed by atoms with E-state index < -0.39 is 0 Å². The van der Waals surface area contributed by atoms with Crippen LogP contribution < -0.4 is 4.90 Å². The Morgan fingerprint density at radius 1 is 1.02 bits per heavy atom. The Morgan fingerprint density at radius 2 is 1.80 bits per heavy atom. The highest BCUT2D eigenvalue weighted by atomic mass is 32.2. The first kappa shape index (κ1) is 26.3. The SMILES string of the molecule is Cc1cccc(-n2nc(-c3ccccc3)c3c2N(CC(=O)N2CCOCC2)C(=O)CS[C@@H]3c2cccc(F)c2)c1. The minimum Gasteiger partial charge on any atom is -0.378 e. The number of anilines is 1. The summed E-state index contributed by atoms with van der Waals surface area (Å²) in [4.78, 5) is 30.6. The molecule has 2 aliphatic heterocycles. The average Bonchev–Trinajstić information content (AvgIpc) is 3.30. The lowest BCUT2D eigenvalue weighted by molar-refractivity contribution is -0.134. The highest BCUT2D eigenvalue weighted by Crippen LogP contribution is 2.48. The van der Waals surface area contributed by atoms with Gasteiger partial charge in [0, 0.05) is 24.2 Å². The van der Waals surface area contributed by atoms with Crippen molar-refractivity contribution in [2.24, 2.45) is 0 Å². The van der Waals surface area contributed by atoms with Crippen molar-refractivity contribution in [2.45, 2.75) is 12.2 Å². The van der Waals surface area contributed by atoms with E-state index in [1.165, 1.54) is 23.9 Å². The van der Waals surface area contributed by atoms with Crippen LogP contribution in [-0.4, -0.2) is 65.1 Å². The molecular weight excluding hydrogens is 527 g/mol. The fourth-order valence-electron chi connectivity index (χ4n) is 5.25. The number of rotatable bonds is 5. The van der Waals surface area contributed by atoms with Gasteiger partial charge in [0.25, 0.3) is 0 Å². The van der Waals surface area contributed by atoms with Crippen LogP contribution >= 0.6 is 11.8 Å². The molecule has 0 aliphatic carbocycles. The zero-order chi connectivity index (χ0) is 27.6. The number of nitrogens with zero attached hydrogens (tertiary/aromatic N) is 4. The van der Waals surface area contributed by atoms with Crippen LogP contribution in [-0.2, 0) is 14.3 Å². The summed E-state index contributed by atoms with van der Waals surface area (Å²) in [5.41, 5.74) is 4.90. The number of carbonyl (C=O) groups excluding carboxylic acids is 2. The molecule has 1 fully saturated rings. The van der Waals surface area contributed by atoms with E-state index in [4.69, 9.17) is 9.84 Å². The fraction of sp³-hybridized carbons (Fsp3) is 0.258. The minimum atomic E-state index is -0.382. The Morgan fingerprint density at radius 3 is 2.55 bits per heavy atom. The van der Waals surface area contributed by atoms with Crippen LogP contribution in [0.25, 0.3) is 16.9 Å². The Bertz CT molecular complexity index is 1550. The van der Waals surface area contributed by atoms with Gasteiger partial charge in [0.05, 0.1) is 35.6 Å². The Kier molecular flexibility index (Phi) is 7.40. The molecule has 204 valence electrons. The number of amides is 2. The van der Waals surface area contributed by atoms with Crippen molar-refractivity contribution in [1.82, 2.24) is 14.7 Å². The predicted octanol–water partition coefficient (Wildman–Crippen LogP) is 5.01. The molecule has 0 N–H and O–H groups in total. The van der Waals surface area contributed by atoms with Crippen LogP contribution in [0.1, 0.15) is 21.9 Å². The van der Waals surface area contributed by atoms with Crippen molar-refractivity contribution in [3.8, 4) is 16.9 Å². The van der Waals surface area contributed by atoms with E-state index in [-0.39, 0.29) is 35.2 Å². The van der Waals surface area contributed by atoms with Gasteiger partial charge in [-0.25, -0.2) is 9.07 Å². The molecule has 2 amide bonds. The molecule has 1 atom stereocenters. The zero-order valence-electron chi connectivity index (χ0n) is 22.1. The van der Waals surface area contributed by atoms with E-state index >= 15 is 0 Å². The summed E-state index contributed by atoms with van der Waals surface area (Å²) in [6, 6.07) is 24.2. The van der Waals surface area contributed by atoms with Crippen LogP contribution in [0.3, 0.4) is 0 Å². The van der Waals surface area contributed by atoms with Gasteiger partial charge >= 0.3 is 0 Å². The van der Waals surface area contributed by atoms with Crippen LogP contribution in [0, 0.1) is 12.7 Å². The van der Waals surface area contributed by atoms with Gasteiger partial charge in [0.1, 0.15) is 18.2 Å². The quantitative estimate of drug-likeness (QED) is 0.346. The van der Waals surface area contributed by atoms with E-state index in [0.29, 0.717) is 37.8 Å². The maximum absolute atomic E-state index is 14.5. The van der Waals surface area contributed by atoms with Gasteiger partial charge in [-0.1, -0.05) is 54.6 Å². The van der Waals surface area contributed by atoms with Gasteiger partial charge in [0.2, 0.25) is 11.8 Å². The molecule has 0 radical (unpaired) electrons. The van der Waals surface area contributed by atoms with Crippen LogP contribution in [0.2, 0.25) is 0 Å².